The fourth-order valence-corrected chi connectivity index (χ4v) is 5.55. The molecule has 0 aromatic heterocycles. The van der Waals surface area contributed by atoms with Crippen molar-refractivity contribution in [3.8, 4) is 22.3 Å². The minimum absolute atomic E-state index is 0.339. The van der Waals surface area contributed by atoms with E-state index in [-0.39, 0.29) is 5.41 Å². The zero-order chi connectivity index (χ0) is 21.5. The number of fused-ring (bicyclic) bond motifs is 3. The zero-order valence-corrected chi connectivity index (χ0v) is 18.1. The van der Waals surface area contributed by atoms with E-state index < -0.39 is 0 Å². The SMILES string of the molecule is Cc1cccc(-c2cccc3c2-c2ccccc2C3(c2ccccc2)c2ccccc2)c1. The Bertz CT molecular complexity index is 1370. The maximum Gasteiger partial charge on any atom is 0.0713 e. The summed E-state index contributed by atoms with van der Waals surface area (Å²) >= 11 is 0. The Morgan fingerprint density at radius 1 is 0.469 bits per heavy atom. The van der Waals surface area contributed by atoms with Crippen LogP contribution in [0.3, 0.4) is 0 Å². The molecule has 0 unspecified atom stereocenters. The van der Waals surface area contributed by atoms with Crippen LogP contribution >= 0.6 is 0 Å². The molecule has 0 heterocycles. The molecule has 1 aliphatic carbocycles. The number of rotatable bonds is 3. The Kier molecular flexibility index (Phi) is 4.33. The van der Waals surface area contributed by atoms with Gasteiger partial charge in [-0.3, -0.25) is 0 Å². The molecule has 6 rings (SSSR count). The molecule has 0 bridgehead atoms. The van der Waals surface area contributed by atoms with Gasteiger partial charge >= 0.3 is 0 Å². The van der Waals surface area contributed by atoms with Gasteiger partial charge in [-0.2, -0.15) is 0 Å². The monoisotopic (exact) mass is 408 g/mol. The van der Waals surface area contributed by atoms with Crippen LogP contribution in [0.4, 0.5) is 0 Å². The van der Waals surface area contributed by atoms with Crippen LogP contribution in [0.15, 0.2) is 127 Å². The van der Waals surface area contributed by atoms with Crippen LogP contribution in [0.25, 0.3) is 22.3 Å². The summed E-state index contributed by atoms with van der Waals surface area (Å²) in [5.41, 5.74) is 11.5. The van der Waals surface area contributed by atoms with E-state index in [9.17, 15) is 0 Å². The van der Waals surface area contributed by atoms with Gasteiger partial charge in [0, 0.05) is 0 Å². The van der Waals surface area contributed by atoms with Crippen molar-refractivity contribution in [1.82, 2.24) is 0 Å². The van der Waals surface area contributed by atoms with Crippen molar-refractivity contribution in [3.63, 3.8) is 0 Å². The van der Waals surface area contributed by atoms with Crippen molar-refractivity contribution in [2.75, 3.05) is 0 Å². The van der Waals surface area contributed by atoms with Gasteiger partial charge in [-0.25, -0.2) is 0 Å². The van der Waals surface area contributed by atoms with E-state index in [0.29, 0.717) is 0 Å². The first-order valence-electron chi connectivity index (χ1n) is 11.2. The van der Waals surface area contributed by atoms with Crippen molar-refractivity contribution in [2.24, 2.45) is 0 Å². The van der Waals surface area contributed by atoms with E-state index in [1.807, 2.05) is 0 Å². The molecule has 0 heteroatoms. The van der Waals surface area contributed by atoms with Gasteiger partial charge in [-0.05, 0) is 51.4 Å². The van der Waals surface area contributed by atoms with E-state index in [1.165, 1.54) is 50.1 Å². The van der Waals surface area contributed by atoms with Crippen molar-refractivity contribution in [2.45, 2.75) is 12.3 Å². The molecule has 0 nitrogen and oxygen atoms in total. The Morgan fingerprint density at radius 3 is 1.72 bits per heavy atom. The summed E-state index contributed by atoms with van der Waals surface area (Å²) in [5, 5.41) is 0. The summed E-state index contributed by atoms with van der Waals surface area (Å²) in [7, 11) is 0. The second-order valence-electron chi connectivity index (χ2n) is 8.63. The molecule has 0 atom stereocenters. The van der Waals surface area contributed by atoms with Crippen LogP contribution in [-0.4, -0.2) is 0 Å². The lowest BCUT2D eigenvalue weighted by Gasteiger charge is -2.34. The molecule has 0 saturated carbocycles. The Hall–Kier alpha value is -3.90. The summed E-state index contributed by atoms with van der Waals surface area (Å²) in [6, 6.07) is 46.6. The third kappa shape index (κ3) is 2.63. The van der Waals surface area contributed by atoms with Gasteiger partial charge in [-0.15, -0.1) is 0 Å². The second-order valence-corrected chi connectivity index (χ2v) is 8.63. The van der Waals surface area contributed by atoms with Crippen molar-refractivity contribution >= 4 is 0 Å². The second kappa shape index (κ2) is 7.35. The fraction of sp³-hybridized carbons (Fsp3) is 0.0625. The number of hydrogen-bond donors (Lipinski definition) is 0. The molecular formula is C32H24. The first-order valence-corrected chi connectivity index (χ1v) is 11.2. The molecule has 0 aliphatic heterocycles. The average Bonchev–Trinajstić information content (AvgIpc) is 3.16. The fourth-order valence-electron chi connectivity index (χ4n) is 5.55. The van der Waals surface area contributed by atoms with Crippen LogP contribution in [0, 0.1) is 6.92 Å². The Balaban J connectivity index is 1.78. The van der Waals surface area contributed by atoms with Crippen LogP contribution in [-0.2, 0) is 5.41 Å². The molecule has 5 aromatic rings. The first kappa shape index (κ1) is 18.8. The lowest BCUT2D eigenvalue weighted by molar-refractivity contribution is 0.768. The number of hydrogen-bond acceptors (Lipinski definition) is 0. The van der Waals surface area contributed by atoms with Crippen LogP contribution in [0.1, 0.15) is 27.8 Å². The van der Waals surface area contributed by atoms with Gasteiger partial charge in [0.25, 0.3) is 0 Å². The smallest absolute Gasteiger partial charge is 0.0622 e. The molecule has 152 valence electrons. The quantitative estimate of drug-likeness (QED) is 0.278. The predicted octanol–water partition coefficient (Wildman–Crippen LogP) is 8.03. The van der Waals surface area contributed by atoms with Crippen molar-refractivity contribution in [1.29, 1.82) is 0 Å². The highest BCUT2D eigenvalue weighted by Gasteiger charge is 2.46. The largest absolute Gasteiger partial charge is 0.0713 e. The van der Waals surface area contributed by atoms with E-state index in [1.54, 1.807) is 0 Å². The van der Waals surface area contributed by atoms with E-state index in [4.69, 9.17) is 0 Å². The van der Waals surface area contributed by atoms with E-state index >= 15 is 0 Å². The molecular weight excluding hydrogens is 384 g/mol. The summed E-state index contributed by atoms with van der Waals surface area (Å²) in [6.07, 6.45) is 0. The molecule has 0 amide bonds. The van der Waals surface area contributed by atoms with E-state index in [2.05, 4.69) is 134 Å². The Morgan fingerprint density at radius 2 is 1.03 bits per heavy atom. The maximum atomic E-state index is 2.33. The van der Waals surface area contributed by atoms with Gasteiger partial charge in [0.05, 0.1) is 5.41 Å². The summed E-state index contributed by atoms with van der Waals surface area (Å²) < 4.78 is 0. The average molecular weight is 409 g/mol. The highest BCUT2D eigenvalue weighted by molar-refractivity contribution is 5.95. The minimum atomic E-state index is -0.339. The highest BCUT2D eigenvalue weighted by Crippen LogP contribution is 2.58. The molecule has 0 fully saturated rings. The van der Waals surface area contributed by atoms with Crippen LogP contribution < -0.4 is 0 Å². The molecule has 0 N–H and O–H groups in total. The Labute approximate surface area is 189 Å². The first-order chi connectivity index (χ1) is 15.8. The molecule has 0 spiro atoms. The van der Waals surface area contributed by atoms with Gasteiger partial charge < -0.3 is 0 Å². The lowest BCUT2D eigenvalue weighted by atomic mass is 9.67. The number of benzene rings is 5. The van der Waals surface area contributed by atoms with Gasteiger partial charge in [0.2, 0.25) is 0 Å². The minimum Gasteiger partial charge on any atom is -0.0622 e. The molecule has 5 aromatic carbocycles. The highest BCUT2D eigenvalue weighted by atomic mass is 14.5. The van der Waals surface area contributed by atoms with Crippen LogP contribution in [0.2, 0.25) is 0 Å². The van der Waals surface area contributed by atoms with Crippen LogP contribution in [0.5, 0.6) is 0 Å². The van der Waals surface area contributed by atoms with E-state index in [0.717, 1.165) is 0 Å². The summed E-state index contributed by atoms with van der Waals surface area (Å²) in [5.74, 6) is 0. The molecule has 32 heavy (non-hydrogen) atoms. The summed E-state index contributed by atoms with van der Waals surface area (Å²) in [6.45, 7) is 2.17. The predicted molar refractivity (Wildman–Crippen MR) is 134 cm³/mol. The third-order valence-corrected chi connectivity index (χ3v) is 6.81. The van der Waals surface area contributed by atoms with Crippen molar-refractivity contribution in [3.05, 3.63) is 155 Å². The molecule has 1 aliphatic rings. The standard InChI is InChI=1S/C32H24/c1-23-12-10-13-24(22-23)27-19-11-21-30-31(27)28-18-8-9-20-29(28)32(30,25-14-4-2-5-15-25)26-16-6-3-7-17-26/h2-22H,1H3. The lowest BCUT2D eigenvalue weighted by Crippen LogP contribution is -2.28. The van der Waals surface area contributed by atoms with Crippen molar-refractivity contribution < 1.29 is 0 Å². The number of aryl methyl sites for hydroxylation is 1. The normalized spacial score (nSPS) is 13.4. The third-order valence-electron chi connectivity index (χ3n) is 6.81. The zero-order valence-electron chi connectivity index (χ0n) is 18.1. The summed E-state index contributed by atoms with van der Waals surface area (Å²) in [4.78, 5) is 0. The molecule has 0 saturated heterocycles. The topological polar surface area (TPSA) is 0 Å². The van der Waals surface area contributed by atoms with Gasteiger partial charge in [0.1, 0.15) is 0 Å². The van der Waals surface area contributed by atoms with Gasteiger partial charge in [0.15, 0.2) is 0 Å². The maximum absolute atomic E-state index is 2.33. The molecule has 0 radical (unpaired) electrons. The van der Waals surface area contributed by atoms with Gasteiger partial charge in [-0.1, -0.05) is 133 Å².